The molecular weight excluding hydrogens is 793 g/mol. The first-order valence-electron chi connectivity index (χ1n) is 21.8. The average molecular weight is 861 g/mol. The molecule has 1 amide bonds. The molecule has 0 aliphatic heterocycles. The number of ether oxygens (including phenoxy) is 1. The Labute approximate surface area is 360 Å². The SMILES string of the molecule is CCCCCCCCNS(=O)(=O)c1ccccc1C(=O)Nc1cc(NS(=O)(=O)c2c(C(C)C)cc(C(C)C)cc2C(C)C)ccc1Nc1ccc(OCCCCCC)cc1. The molecule has 0 aliphatic carbocycles. The molecule has 4 aromatic carbocycles. The van der Waals surface area contributed by atoms with E-state index in [1.54, 1.807) is 30.3 Å². The monoisotopic (exact) mass is 860 g/mol. The van der Waals surface area contributed by atoms with Crippen LogP contribution >= 0.6 is 0 Å². The van der Waals surface area contributed by atoms with E-state index in [-0.39, 0.29) is 51.0 Å². The molecule has 4 rings (SSSR count). The van der Waals surface area contributed by atoms with Gasteiger partial charge in [0, 0.05) is 12.2 Å². The van der Waals surface area contributed by atoms with Crippen molar-refractivity contribution in [1.29, 1.82) is 0 Å². The van der Waals surface area contributed by atoms with Gasteiger partial charge in [-0.2, -0.15) is 0 Å². The Kier molecular flexibility index (Phi) is 18.5. The second kappa shape index (κ2) is 23.0. The Morgan fingerprint density at radius 1 is 0.617 bits per heavy atom. The highest BCUT2D eigenvalue weighted by Crippen LogP contribution is 2.37. The van der Waals surface area contributed by atoms with Crippen molar-refractivity contribution in [2.75, 3.05) is 28.5 Å². The van der Waals surface area contributed by atoms with Crippen molar-refractivity contribution in [3.05, 3.63) is 101 Å². The number of anilines is 4. The number of hydrogen-bond donors (Lipinski definition) is 4. The molecule has 0 bridgehead atoms. The first kappa shape index (κ1) is 48.3. The Morgan fingerprint density at radius 2 is 1.20 bits per heavy atom. The van der Waals surface area contributed by atoms with Crippen molar-refractivity contribution in [2.24, 2.45) is 0 Å². The summed E-state index contributed by atoms with van der Waals surface area (Å²) in [7, 11) is -8.15. The summed E-state index contributed by atoms with van der Waals surface area (Å²) in [4.78, 5) is 14.2. The summed E-state index contributed by atoms with van der Waals surface area (Å²) in [5, 5.41) is 6.25. The molecule has 0 saturated carbocycles. The highest BCUT2D eigenvalue weighted by molar-refractivity contribution is 7.92. The number of rotatable bonds is 25. The van der Waals surface area contributed by atoms with Crippen LogP contribution < -0.4 is 24.8 Å². The van der Waals surface area contributed by atoms with Crippen LogP contribution in [-0.4, -0.2) is 35.9 Å². The minimum atomic E-state index is -4.12. The van der Waals surface area contributed by atoms with E-state index in [2.05, 4.69) is 47.8 Å². The maximum absolute atomic E-state index is 14.5. The third-order valence-electron chi connectivity index (χ3n) is 10.5. The number of nitrogens with one attached hydrogen (secondary N) is 4. The van der Waals surface area contributed by atoms with Crippen LogP contribution in [0.3, 0.4) is 0 Å². The summed E-state index contributed by atoms with van der Waals surface area (Å²) in [5.74, 6) is 0.152. The Bertz CT molecular complexity index is 2190. The van der Waals surface area contributed by atoms with Crippen LogP contribution in [0.25, 0.3) is 0 Å². The summed E-state index contributed by atoms with van der Waals surface area (Å²) >= 11 is 0. The third kappa shape index (κ3) is 13.8. The first-order chi connectivity index (χ1) is 28.6. The van der Waals surface area contributed by atoms with Crippen LogP contribution in [0.1, 0.15) is 164 Å². The fraction of sp³-hybridized carbons (Fsp3) is 0.479. The molecule has 0 atom stereocenters. The molecule has 0 fully saturated rings. The highest BCUT2D eigenvalue weighted by atomic mass is 32.2. The number of sulfonamides is 2. The van der Waals surface area contributed by atoms with E-state index in [1.807, 2.05) is 64.1 Å². The van der Waals surface area contributed by atoms with Crippen molar-refractivity contribution >= 4 is 48.7 Å². The molecule has 0 unspecified atom stereocenters. The van der Waals surface area contributed by atoms with Crippen LogP contribution in [0.5, 0.6) is 5.75 Å². The van der Waals surface area contributed by atoms with Crippen molar-refractivity contribution in [3.63, 3.8) is 0 Å². The van der Waals surface area contributed by atoms with Gasteiger partial charge in [-0.1, -0.05) is 131 Å². The molecule has 60 heavy (non-hydrogen) atoms. The molecule has 0 saturated heterocycles. The molecule has 0 aromatic heterocycles. The Hall–Kier alpha value is -4.39. The lowest BCUT2D eigenvalue weighted by Crippen LogP contribution is -2.27. The number of carbonyl (C=O) groups excluding carboxylic acids is 1. The molecule has 328 valence electrons. The molecule has 0 spiro atoms. The highest BCUT2D eigenvalue weighted by Gasteiger charge is 2.28. The number of unbranched alkanes of at least 4 members (excludes halogenated alkanes) is 8. The van der Waals surface area contributed by atoms with Gasteiger partial charge in [0.05, 0.1) is 39.0 Å². The Morgan fingerprint density at radius 3 is 1.82 bits per heavy atom. The van der Waals surface area contributed by atoms with Crippen molar-refractivity contribution in [2.45, 2.75) is 147 Å². The predicted octanol–water partition coefficient (Wildman–Crippen LogP) is 12.5. The lowest BCUT2D eigenvalue weighted by molar-refractivity contribution is 0.102. The number of amides is 1. The summed E-state index contributed by atoms with van der Waals surface area (Å²) in [5.41, 5.74) is 4.14. The zero-order valence-electron chi connectivity index (χ0n) is 37.0. The van der Waals surface area contributed by atoms with Crippen LogP contribution in [0.2, 0.25) is 0 Å². The van der Waals surface area contributed by atoms with Gasteiger partial charge in [-0.3, -0.25) is 9.52 Å². The zero-order valence-corrected chi connectivity index (χ0v) is 38.6. The topological polar surface area (TPSA) is 143 Å². The zero-order chi connectivity index (χ0) is 43.9. The Balaban J connectivity index is 1.69. The average Bonchev–Trinajstić information content (AvgIpc) is 3.21. The second-order valence-electron chi connectivity index (χ2n) is 16.5. The van der Waals surface area contributed by atoms with Gasteiger partial charge in [0.15, 0.2) is 0 Å². The third-order valence-corrected chi connectivity index (χ3v) is 13.5. The van der Waals surface area contributed by atoms with E-state index in [9.17, 15) is 21.6 Å². The van der Waals surface area contributed by atoms with Gasteiger partial charge in [-0.15, -0.1) is 0 Å². The summed E-state index contributed by atoms with van der Waals surface area (Å²) in [6.45, 7) is 17.4. The van der Waals surface area contributed by atoms with E-state index in [0.717, 1.165) is 73.8 Å². The molecule has 4 aromatic rings. The standard InChI is InChI=1S/C48H68N4O6S2/c1-9-11-13-15-16-19-29-49-59(54,55)46-22-18-17-21-41(46)48(53)51-45-33-39(25-28-44(45)50-38-23-26-40(27-24-38)58-30-20-14-12-10-2)52-60(56,57)47-42(35(5)6)31-37(34(3)4)32-43(47)36(7)8/h17-18,21-28,31-36,49-50,52H,9-16,19-20,29-30H2,1-8H3,(H,51,53). The van der Waals surface area contributed by atoms with Gasteiger partial charge < -0.3 is 15.4 Å². The molecule has 0 heterocycles. The summed E-state index contributed by atoms with van der Waals surface area (Å²) in [6.07, 6.45) is 10.5. The van der Waals surface area contributed by atoms with Gasteiger partial charge in [0.2, 0.25) is 10.0 Å². The second-order valence-corrected chi connectivity index (χ2v) is 19.9. The smallest absolute Gasteiger partial charge is 0.262 e. The van der Waals surface area contributed by atoms with E-state index < -0.39 is 26.0 Å². The van der Waals surface area contributed by atoms with E-state index >= 15 is 0 Å². The molecule has 0 radical (unpaired) electrons. The van der Waals surface area contributed by atoms with Crippen LogP contribution in [0.4, 0.5) is 22.7 Å². The number of hydrogen-bond acceptors (Lipinski definition) is 7. The van der Waals surface area contributed by atoms with E-state index in [1.165, 1.54) is 18.6 Å². The minimum Gasteiger partial charge on any atom is -0.494 e. The van der Waals surface area contributed by atoms with Gasteiger partial charge in [0.25, 0.3) is 15.9 Å². The summed E-state index contributed by atoms with van der Waals surface area (Å²) < 4.78 is 67.4. The van der Waals surface area contributed by atoms with Gasteiger partial charge >= 0.3 is 0 Å². The van der Waals surface area contributed by atoms with Crippen molar-refractivity contribution in [3.8, 4) is 5.75 Å². The van der Waals surface area contributed by atoms with Crippen LogP contribution in [0.15, 0.2) is 88.7 Å². The molecular formula is C48H68N4O6S2. The summed E-state index contributed by atoms with van der Waals surface area (Å²) in [6, 6.07) is 22.4. The lowest BCUT2D eigenvalue weighted by Gasteiger charge is -2.23. The number of carbonyl (C=O) groups is 1. The largest absolute Gasteiger partial charge is 0.494 e. The number of benzene rings is 4. The maximum Gasteiger partial charge on any atom is 0.262 e. The van der Waals surface area contributed by atoms with Crippen molar-refractivity contribution < 1.29 is 26.4 Å². The maximum atomic E-state index is 14.5. The molecule has 10 nitrogen and oxygen atoms in total. The van der Waals surface area contributed by atoms with Crippen molar-refractivity contribution in [1.82, 2.24) is 4.72 Å². The van der Waals surface area contributed by atoms with Gasteiger partial charge in [0.1, 0.15) is 5.75 Å². The molecule has 12 heteroatoms. The fourth-order valence-electron chi connectivity index (χ4n) is 7.00. The predicted molar refractivity (Wildman–Crippen MR) is 248 cm³/mol. The molecule has 4 N–H and O–H groups in total. The normalized spacial score (nSPS) is 12.0. The van der Waals surface area contributed by atoms with E-state index in [4.69, 9.17) is 4.74 Å². The first-order valence-corrected chi connectivity index (χ1v) is 24.8. The van der Waals surface area contributed by atoms with Crippen LogP contribution in [0, 0.1) is 0 Å². The van der Waals surface area contributed by atoms with Crippen LogP contribution in [-0.2, 0) is 20.0 Å². The van der Waals surface area contributed by atoms with Gasteiger partial charge in [-0.25, -0.2) is 21.6 Å². The minimum absolute atomic E-state index is 0.0429. The van der Waals surface area contributed by atoms with Gasteiger partial charge in [-0.05, 0) is 102 Å². The lowest BCUT2D eigenvalue weighted by atomic mass is 9.89. The molecule has 0 aliphatic rings. The fourth-order valence-corrected chi connectivity index (χ4v) is 10.0. The van der Waals surface area contributed by atoms with E-state index in [0.29, 0.717) is 24.4 Å². The quantitative estimate of drug-likeness (QED) is 0.0486.